The Morgan fingerprint density at radius 1 is 1.25 bits per heavy atom. The van der Waals surface area contributed by atoms with Gasteiger partial charge in [-0.15, -0.1) is 0 Å². The number of aromatic nitrogens is 1. The van der Waals surface area contributed by atoms with Crippen LogP contribution in [-0.4, -0.2) is 29.0 Å². The van der Waals surface area contributed by atoms with Gasteiger partial charge in [-0.05, 0) is 20.8 Å². The molecule has 0 unspecified atom stereocenters. The number of rotatable bonds is 3. The number of halogens is 3. The first-order chi connectivity index (χ1) is 9.11. The van der Waals surface area contributed by atoms with Crippen molar-refractivity contribution < 1.29 is 14.3 Å². The summed E-state index contributed by atoms with van der Waals surface area (Å²) in [6, 6.07) is 0. The molecule has 0 aliphatic heterocycles. The van der Waals surface area contributed by atoms with Crippen LogP contribution in [0.15, 0.2) is 6.20 Å². The van der Waals surface area contributed by atoms with Crippen LogP contribution in [0.3, 0.4) is 0 Å². The highest BCUT2D eigenvalue weighted by Gasteiger charge is 2.20. The Morgan fingerprint density at radius 2 is 1.85 bits per heavy atom. The molecule has 0 saturated carbocycles. The van der Waals surface area contributed by atoms with Crippen LogP contribution < -0.4 is 5.32 Å². The maximum absolute atomic E-state index is 11.7. The predicted molar refractivity (Wildman–Crippen MR) is 77.4 cm³/mol. The summed E-state index contributed by atoms with van der Waals surface area (Å²) in [4.78, 5) is 27.0. The molecular weight excluding hydrogens is 327 g/mol. The van der Waals surface area contributed by atoms with Crippen LogP contribution in [0, 0.1) is 0 Å². The monoisotopic (exact) mass is 338 g/mol. The third kappa shape index (κ3) is 4.81. The average Bonchev–Trinajstić information content (AvgIpc) is 2.31. The molecule has 1 N–H and O–H groups in total. The van der Waals surface area contributed by atoms with E-state index in [1.807, 2.05) is 20.8 Å². The summed E-state index contributed by atoms with van der Waals surface area (Å²) in [5.74, 6) is -1.28. The fourth-order valence-electron chi connectivity index (χ4n) is 1.24. The van der Waals surface area contributed by atoms with E-state index in [1.165, 1.54) is 6.20 Å². The fourth-order valence-corrected chi connectivity index (χ4v) is 1.80. The van der Waals surface area contributed by atoms with Gasteiger partial charge in [0, 0.05) is 11.7 Å². The lowest BCUT2D eigenvalue weighted by Gasteiger charge is -2.20. The number of hydrogen-bond donors (Lipinski definition) is 1. The molecule has 0 aliphatic carbocycles. The van der Waals surface area contributed by atoms with Crippen molar-refractivity contribution >= 4 is 46.7 Å². The molecule has 0 aromatic carbocycles. The van der Waals surface area contributed by atoms with Gasteiger partial charge in [0.15, 0.2) is 12.3 Å². The van der Waals surface area contributed by atoms with Gasteiger partial charge in [-0.2, -0.15) is 0 Å². The first kappa shape index (κ1) is 17.0. The van der Waals surface area contributed by atoms with Crippen molar-refractivity contribution in [1.82, 2.24) is 10.3 Å². The molecule has 8 heteroatoms. The summed E-state index contributed by atoms with van der Waals surface area (Å²) < 4.78 is 4.81. The second kappa shape index (κ2) is 6.61. The first-order valence-electron chi connectivity index (χ1n) is 5.59. The van der Waals surface area contributed by atoms with E-state index in [0.717, 1.165) is 0 Å². The van der Waals surface area contributed by atoms with Crippen LogP contribution in [0.1, 0.15) is 31.3 Å². The van der Waals surface area contributed by atoms with E-state index in [9.17, 15) is 9.59 Å². The number of amides is 1. The largest absolute Gasteiger partial charge is 0.451 e. The Kier molecular flexibility index (Phi) is 5.62. The highest BCUT2D eigenvalue weighted by molar-refractivity contribution is 6.48. The number of hydrogen-bond acceptors (Lipinski definition) is 4. The predicted octanol–water partition coefficient (Wildman–Crippen LogP) is 3.11. The third-order valence-electron chi connectivity index (χ3n) is 1.96. The molecule has 0 radical (unpaired) electrons. The summed E-state index contributed by atoms with van der Waals surface area (Å²) in [6.07, 6.45) is 1.18. The minimum absolute atomic E-state index is 0.00873. The second-order valence-electron chi connectivity index (χ2n) is 4.96. The van der Waals surface area contributed by atoms with Gasteiger partial charge in [0.05, 0.1) is 15.1 Å². The fraction of sp³-hybridized carbons (Fsp3) is 0.417. The molecule has 0 fully saturated rings. The number of pyridine rings is 1. The van der Waals surface area contributed by atoms with Crippen LogP contribution in [-0.2, 0) is 9.53 Å². The van der Waals surface area contributed by atoms with Crippen LogP contribution in [0.25, 0.3) is 0 Å². The van der Waals surface area contributed by atoms with E-state index in [-0.39, 0.29) is 20.8 Å². The van der Waals surface area contributed by atoms with E-state index in [1.54, 1.807) is 0 Å². The second-order valence-corrected chi connectivity index (χ2v) is 6.12. The average molecular weight is 340 g/mol. The zero-order valence-corrected chi connectivity index (χ0v) is 13.4. The lowest BCUT2D eigenvalue weighted by atomic mass is 10.1. The Bertz CT molecular complexity index is 541. The minimum Gasteiger partial charge on any atom is -0.451 e. The topological polar surface area (TPSA) is 68.3 Å². The molecule has 20 heavy (non-hydrogen) atoms. The molecule has 1 aromatic rings. The van der Waals surface area contributed by atoms with Crippen LogP contribution >= 0.6 is 34.8 Å². The Balaban J connectivity index is 2.69. The number of carbonyl (C=O) groups is 2. The molecule has 0 saturated heterocycles. The van der Waals surface area contributed by atoms with Gasteiger partial charge in [0.1, 0.15) is 0 Å². The van der Waals surface area contributed by atoms with Crippen molar-refractivity contribution in [2.45, 2.75) is 26.3 Å². The van der Waals surface area contributed by atoms with Crippen molar-refractivity contribution in [3.63, 3.8) is 0 Å². The van der Waals surface area contributed by atoms with Crippen LogP contribution in [0.2, 0.25) is 15.1 Å². The molecule has 1 aromatic heterocycles. The SMILES string of the molecule is CC(C)(C)NC(=O)COC(=O)c1ncc(Cl)c(Cl)c1Cl. The Morgan fingerprint density at radius 3 is 2.40 bits per heavy atom. The molecular formula is C12H13Cl3N2O3. The van der Waals surface area contributed by atoms with Crippen molar-refractivity contribution in [1.29, 1.82) is 0 Å². The van der Waals surface area contributed by atoms with Gasteiger partial charge in [0.25, 0.3) is 5.91 Å². The molecule has 1 rings (SSSR count). The van der Waals surface area contributed by atoms with E-state index in [4.69, 9.17) is 39.5 Å². The molecule has 1 amide bonds. The van der Waals surface area contributed by atoms with E-state index in [0.29, 0.717) is 0 Å². The molecule has 1 heterocycles. The van der Waals surface area contributed by atoms with E-state index in [2.05, 4.69) is 10.3 Å². The molecule has 0 bridgehead atoms. The molecule has 0 atom stereocenters. The van der Waals surface area contributed by atoms with Gasteiger partial charge in [-0.25, -0.2) is 9.78 Å². The zero-order chi connectivity index (χ0) is 15.5. The highest BCUT2D eigenvalue weighted by Crippen LogP contribution is 2.31. The van der Waals surface area contributed by atoms with Crippen molar-refractivity contribution in [2.24, 2.45) is 0 Å². The lowest BCUT2D eigenvalue weighted by molar-refractivity contribution is -0.125. The Hall–Kier alpha value is -1.04. The Labute approximate surface area is 131 Å². The number of nitrogens with one attached hydrogen (secondary N) is 1. The number of esters is 1. The molecule has 5 nitrogen and oxygen atoms in total. The summed E-state index contributed by atoms with van der Waals surface area (Å²) in [6.45, 7) is 4.99. The standard InChI is InChI=1S/C12H13Cl3N2O3/c1-12(2,3)17-7(18)5-20-11(19)10-9(15)8(14)6(13)4-16-10/h4H,5H2,1-3H3,(H,17,18). The summed E-state index contributed by atoms with van der Waals surface area (Å²) in [5.41, 5.74) is -0.604. The molecule has 0 spiro atoms. The van der Waals surface area contributed by atoms with Crippen molar-refractivity contribution in [3.05, 3.63) is 27.0 Å². The van der Waals surface area contributed by atoms with Crippen molar-refractivity contribution in [3.8, 4) is 0 Å². The van der Waals surface area contributed by atoms with Gasteiger partial charge in [-0.1, -0.05) is 34.8 Å². The molecule has 0 aliphatic rings. The minimum atomic E-state index is -0.849. The van der Waals surface area contributed by atoms with Crippen LogP contribution in [0.4, 0.5) is 0 Å². The van der Waals surface area contributed by atoms with E-state index >= 15 is 0 Å². The highest BCUT2D eigenvalue weighted by atomic mass is 35.5. The summed E-state index contributed by atoms with van der Waals surface area (Å²) in [5, 5.41) is 2.67. The van der Waals surface area contributed by atoms with Gasteiger partial charge < -0.3 is 10.1 Å². The number of carbonyl (C=O) groups excluding carboxylic acids is 2. The zero-order valence-electron chi connectivity index (χ0n) is 11.1. The summed E-state index contributed by atoms with van der Waals surface area (Å²) in [7, 11) is 0. The maximum Gasteiger partial charge on any atom is 0.359 e. The van der Waals surface area contributed by atoms with Gasteiger partial charge in [0.2, 0.25) is 0 Å². The maximum atomic E-state index is 11.7. The van der Waals surface area contributed by atoms with Gasteiger partial charge in [-0.3, -0.25) is 4.79 Å². The van der Waals surface area contributed by atoms with E-state index < -0.39 is 24.0 Å². The molecule has 110 valence electrons. The number of nitrogens with zero attached hydrogens (tertiary/aromatic N) is 1. The first-order valence-corrected chi connectivity index (χ1v) is 6.73. The third-order valence-corrected chi connectivity index (χ3v) is 3.20. The summed E-state index contributed by atoms with van der Waals surface area (Å²) >= 11 is 17.3. The van der Waals surface area contributed by atoms with Crippen LogP contribution in [0.5, 0.6) is 0 Å². The number of ether oxygens (including phenoxy) is 1. The van der Waals surface area contributed by atoms with Gasteiger partial charge >= 0.3 is 5.97 Å². The lowest BCUT2D eigenvalue weighted by Crippen LogP contribution is -2.42. The normalized spacial score (nSPS) is 11.1. The smallest absolute Gasteiger partial charge is 0.359 e. The quantitative estimate of drug-likeness (QED) is 0.859. The van der Waals surface area contributed by atoms with Crippen molar-refractivity contribution in [2.75, 3.05) is 6.61 Å².